The van der Waals surface area contributed by atoms with Crippen LogP contribution in [-0.2, 0) is 13.6 Å². The SMILES string of the molecule is C/C=C/Cn1c(SCCCCCCC)nc2c1c(=O)[nH]c(=O)n2C. The first-order valence-electron chi connectivity index (χ1n) is 8.53. The predicted molar refractivity (Wildman–Crippen MR) is 99.9 cm³/mol. The van der Waals surface area contributed by atoms with Crippen LogP contribution in [0, 0.1) is 0 Å². The molecule has 1 N–H and O–H groups in total. The van der Waals surface area contributed by atoms with E-state index in [9.17, 15) is 9.59 Å². The highest BCUT2D eigenvalue weighted by Gasteiger charge is 2.16. The van der Waals surface area contributed by atoms with Crippen LogP contribution in [0.4, 0.5) is 0 Å². The van der Waals surface area contributed by atoms with E-state index >= 15 is 0 Å². The third-order valence-electron chi connectivity index (χ3n) is 3.97. The molecule has 0 radical (unpaired) electrons. The zero-order chi connectivity index (χ0) is 17.5. The highest BCUT2D eigenvalue weighted by molar-refractivity contribution is 7.99. The Bertz CT molecular complexity index is 816. The number of hydrogen-bond donors (Lipinski definition) is 1. The fraction of sp³-hybridized carbons (Fsp3) is 0.588. The largest absolute Gasteiger partial charge is 0.329 e. The van der Waals surface area contributed by atoms with E-state index in [-0.39, 0.29) is 5.56 Å². The van der Waals surface area contributed by atoms with Crippen molar-refractivity contribution in [3.63, 3.8) is 0 Å². The standard InChI is InChI=1S/C17H26N4O2S/c1-4-6-8-9-10-12-24-17-18-14-13(21(17)11-7-5-2)15(22)19-16(23)20(14)3/h5,7H,4,6,8-12H2,1-3H3,(H,19,22,23)/b7-5+. The Balaban J connectivity index is 2.27. The molecule has 0 atom stereocenters. The van der Waals surface area contributed by atoms with Crippen LogP contribution in [0.2, 0.25) is 0 Å². The maximum Gasteiger partial charge on any atom is 0.329 e. The summed E-state index contributed by atoms with van der Waals surface area (Å²) < 4.78 is 3.29. The monoisotopic (exact) mass is 350 g/mol. The van der Waals surface area contributed by atoms with Gasteiger partial charge < -0.3 is 4.57 Å². The molecule has 2 aromatic rings. The van der Waals surface area contributed by atoms with Crippen molar-refractivity contribution in [2.24, 2.45) is 7.05 Å². The molecule has 0 spiro atoms. The lowest BCUT2D eigenvalue weighted by Gasteiger charge is -2.05. The predicted octanol–water partition coefficient (Wildman–Crippen LogP) is 3.06. The lowest BCUT2D eigenvalue weighted by Crippen LogP contribution is -2.29. The third kappa shape index (κ3) is 4.20. The van der Waals surface area contributed by atoms with Gasteiger partial charge in [-0.05, 0) is 13.3 Å². The molecule has 6 nitrogen and oxygen atoms in total. The number of thioether (sulfide) groups is 1. The molecule has 0 fully saturated rings. The fourth-order valence-electron chi connectivity index (χ4n) is 2.57. The van der Waals surface area contributed by atoms with E-state index in [1.165, 1.54) is 30.3 Å². The second kappa shape index (κ2) is 8.92. The number of nitrogens with one attached hydrogen (secondary N) is 1. The quantitative estimate of drug-likeness (QED) is 0.428. The number of hydrogen-bond acceptors (Lipinski definition) is 4. The minimum Gasteiger partial charge on any atom is -0.309 e. The number of imidazole rings is 1. The first-order valence-corrected chi connectivity index (χ1v) is 9.52. The van der Waals surface area contributed by atoms with Gasteiger partial charge in [0.2, 0.25) is 0 Å². The Kier molecular flexibility index (Phi) is 6.90. The van der Waals surface area contributed by atoms with Gasteiger partial charge in [0, 0.05) is 19.3 Å². The van der Waals surface area contributed by atoms with Crippen LogP contribution in [0.15, 0.2) is 26.9 Å². The van der Waals surface area contributed by atoms with E-state index in [2.05, 4.69) is 16.9 Å². The van der Waals surface area contributed by atoms with E-state index in [4.69, 9.17) is 0 Å². The topological polar surface area (TPSA) is 72.7 Å². The maximum atomic E-state index is 12.2. The lowest BCUT2D eigenvalue weighted by atomic mass is 10.2. The molecular weight excluding hydrogens is 324 g/mol. The molecule has 0 saturated heterocycles. The molecule has 132 valence electrons. The molecule has 2 aromatic heterocycles. The molecule has 2 heterocycles. The number of allylic oxidation sites excluding steroid dienone is 2. The summed E-state index contributed by atoms with van der Waals surface area (Å²) in [6, 6.07) is 0. The number of aryl methyl sites for hydroxylation is 1. The van der Waals surface area contributed by atoms with E-state index in [0.29, 0.717) is 17.7 Å². The summed E-state index contributed by atoms with van der Waals surface area (Å²) in [5.41, 5.74) is 0.101. The van der Waals surface area contributed by atoms with Crippen molar-refractivity contribution in [1.82, 2.24) is 19.1 Å². The van der Waals surface area contributed by atoms with Gasteiger partial charge in [-0.15, -0.1) is 0 Å². The molecule has 24 heavy (non-hydrogen) atoms. The normalized spacial score (nSPS) is 11.8. The summed E-state index contributed by atoms with van der Waals surface area (Å²) >= 11 is 1.65. The van der Waals surface area contributed by atoms with Gasteiger partial charge in [0.1, 0.15) is 0 Å². The maximum absolute atomic E-state index is 12.2. The Morgan fingerprint density at radius 1 is 1.21 bits per heavy atom. The van der Waals surface area contributed by atoms with Crippen molar-refractivity contribution in [2.75, 3.05) is 5.75 Å². The van der Waals surface area contributed by atoms with Crippen LogP contribution >= 0.6 is 11.8 Å². The molecule has 0 amide bonds. The third-order valence-corrected chi connectivity index (χ3v) is 5.04. The summed E-state index contributed by atoms with van der Waals surface area (Å²) in [6.45, 7) is 4.73. The summed E-state index contributed by atoms with van der Waals surface area (Å²) in [5.74, 6) is 0.967. The Labute approximate surface area is 146 Å². The van der Waals surface area contributed by atoms with Crippen LogP contribution in [0.25, 0.3) is 11.2 Å². The van der Waals surface area contributed by atoms with Crippen LogP contribution < -0.4 is 11.2 Å². The summed E-state index contributed by atoms with van der Waals surface area (Å²) in [5, 5.41) is 0.797. The van der Waals surface area contributed by atoms with Crippen molar-refractivity contribution in [1.29, 1.82) is 0 Å². The van der Waals surface area contributed by atoms with Crippen molar-refractivity contribution in [2.45, 2.75) is 57.7 Å². The van der Waals surface area contributed by atoms with Crippen molar-refractivity contribution < 1.29 is 0 Å². The first kappa shape index (κ1) is 18.6. The molecule has 7 heteroatoms. The summed E-state index contributed by atoms with van der Waals surface area (Å²) in [4.78, 5) is 30.9. The highest BCUT2D eigenvalue weighted by Crippen LogP contribution is 2.23. The Hall–Kier alpha value is -1.76. The van der Waals surface area contributed by atoms with Gasteiger partial charge in [-0.25, -0.2) is 9.78 Å². The number of aromatic amines is 1. The molecule has 0 bridgehead atoms. The van der Waals surface area contributed by atoms with Crippen LogP contribution in [0.3, 0.4) is 0 Å². The van der Waals surface area contributed by atoms with Gasteiger partial charge in [-0.2, -0.15) is 0 Å². The van der Waals surface area contributed by atoms with E-state index in [1.54, 1.807) is 18.8 Å². The molecule has 0 aliphatic rings. The van der Waals surface area contributed by atoms with Gasteiger partial charge in [-0.3, -0.25) is 14.3 Å². The minimum absolute atomic E-state index is 0.375. The van der Waals surface area contributed by atoms with Gasteiger partial charge in [-0.1, -0.05) is 56.5 Å². The van der Waals surface area contributed by atoms with Crippen LogP contribution in [-0.4, -0.2) is 24.9 Å². The zero-order valence-corrected chi connectivity index (χ0v) is 15.5. The van der Waals surface area contributed by atoms with E-state index in [1.807, 2.05) is 23.6 Å². The zero-order valence-electron chi connectivity index (χ0n) is 14.7. The Morgan fingerprint density at radius 3 is 2.67 bits per heavy atom. The van der Waals surface area contributed by atoms with Crippen LogP contribution in [0.1, 0.15) is 46.0 Å². The molecule has 0 saturated carbocycles. The number of H-pyrrole nitrogens is 1. The smallest absolute Gasteiger partial charge is 0.309 e. The van der Waals surface area contributed by atoms with Crippen molar-refractivity contribution in [3.05, 3.63) is 33.0 Å². The number of aromatic nitrogens is 4. The number of nitrogens with zero attached hydrogens (tertiary/aromatic N) is 3. The molecule has 0 aromatic carbocycles. The second-order valence-electron chi connectivity index (χ2n) is 5.83. The number of fused-ring (bicyclic) bond motifs is 1. The molecule has 2 rings (SSSR count). The molecule has 0 aliphatic carbocycles. The minimum atomic E-state index is -0.431. The lowest BCUT2D eigenvalue weighted by molar-refractivity contribution is 0.658. The first-order chi connectivity index (χ1) is 11.6. The van der Waals surface area contributed by atoms with E-state index in [0.717, 1.165) is 17.3 Å². The average molecular weight is 350 g/mol. The number of rotatable bonds is 9. The highest BCUT2D eigenvalue weighted by atomic mass is 32.2. The van der Waals surface area contributed by atoms with Gasteiger partial charge >= 0.3 is 5.69 Å². The van der Waals surface area contributed by atoms with E-state index < -0.39 is 5.69 Å². The number of unbranched alkanes of at least 4 members (excludes halogenated alkanes) is 4. The fourth-order valence-corrected chi connectivity index (χ4v) is 3.58. The van der Waals surface area contributed by atoms with Gasteiger partial charge in [0.05, 0.1) is 0 Å². The van der Waals surface area contributed by atoms with Crippen molar-refractivity contribution >= 4 is 22.9 Å². The molecular formula is C17H26N4O2S. The summed E-state index contributed by atoms with van der Waals surface area (Å²) in [7, 11) is 1.63. The van der Waals surface area contributed by atoms with Gasteiger partial charge in [0.15, 0.2) is 16.3 Å². The van der Waals surface area contributed by atoms with Crippen LogP contribution in [0.5, 0.6) is 0 Å². The summed E-state index contributed by atoms with van der Waals surface area (Å²) in [6.07, 6.45) is 10.1. The van der Waals surface area contributed by atoms with Crippen molar-refractivity contribution in [3.8, 4) is 0 Å². The second-order valence-corrected chi connectivity index (χ2v) is 6.89. The average Bonchev–Trinajstić information content (AvgIpc) is 2.93. The molecule has 0 unspecified atom stereocenters. The molecule has 0 aliphatic heterocycles. The van der Waals surface area contributed by atoms with Gasteiger partial charge in [0.25, 0.3) is 5.56 Å². The Morgan fingerprint density at radius 2 is 1.96 bits per heavy atom.